The molecule has 0 bridgehead atoms. The fraction of sp³-hybridized carbons (Fsp3) is 0.263. The van der Waals surface area contributed by atoms with E-state index in [-0.39, 0.29) is 0 Å². The lowest BCUT2D eigenvalue weighted by Crippen LogP contribution is -2.08. The third-order valence-electron chi connectivity index (χ3n) is 4.64. The van der Waals surface area contributed by atoms with Gasteiger partial charge in [0.05, 0.1) is 11.9 Å². The fourth-order valence-electron chi connectivity index (χ4n) is 2.97. The predicted octanol–water partition coefficient (Wildman–Crippen LogP) is 4.20. The molecule has 0 radical (unpaired) electrons. The van der Waals surface area contributed by atoms with Gasteiger partial charge in [-0.2, -0.15) is 0 Å². The third kappa shape index (κ3) is 2.94. The first-order valence-corrected chi connectivity index (χ1v) is 9.45. The van der Waals surface area contributed by atoms with Gasteiger partial charge in [0.1, 0.15) is 23.3 Å². The molecule has 1 aromatic carbocycles. The molecule has 0 saturated heterocycles. The summed E-state index contributed by atoms with van der Waals surface area (Å²) in [5, 5.41) is 14.8. The van der Waals surface area contributed by atoms with Gasteiger partial charge in [0.25, 0.3) is 0 Å². The van der Waals surface area contributed by atoms with E-state index in [4.69, 9.17) is 0 Å². The SMILES string of the molecule is CCn1cnnc1CNc1ncnc2scc(-c3ccc(C)c(C)c3)c12. The standard InChI is InChI=1S/C19H20N6S/c1-4-25-11-23-24-16(25)8-20-18-17-15(9-26-19(17)22-10-21-18)14-6-5-12(2)13(3)7-14/h5-7,9-11H,4,8H2,1-3H3,(H,20,21,22). The molecule has 0 aliphatic carbocycles. The maximum Gasteiger partial charge on any atom is 0.152 e. The lowest BCUT2D eigenvalue weighted by molar-refractivity contribution is 0.707. The monoisotopic (exact) mass is 364 g/mol. The van der Waals surface area contributed by atoms with Crippen LogP contribution in [0.2, 0.25) is 0 Å². The van der Waals surface area contributed by atoms with Crippen molar-refractivity contribution in [3.63, 3.8) is 0 Å². The summed E-state index contributed by atoms with van der Waals surface area (Å²) < 4.78 is 2.02. The van der Waals surface area contributed by atoms with Crippen LogP contribution in [0.15, 0.2) is 36.2 Å². The molecule has 0 aliphatic rings. The summed E-state index contributed by atoms with van der Waals surface area (Å²) in [6, 6.07) is 6.55. The number of fused-ring (bicyclic) bond motifs is 1. The van der Waals surface area contributed by atoms with Gasteiger partial charge < -0.3 is 9.88 Å². The smallest absolute Gasteiger partial charge is 0.152 e. The van der Waals surface area contributed by atoms with Crippen molar-refractivity contribution in [2.45, 2.75) is 33.9 Å². The van der Waals surface area contributed by atoms with Gasteiger partial charge in [0.15, 0.2) is 5.82 Å². The molecule has 0 saturated carbocycles. The summed E-state index contributed by atoms with van der Waals surface area (Å²) in [6.45, 7) is 7.76. The van der Waals surface area contributed by atoms with Gasteiger partial charge >= 0.3 is 0 Å². The van der Waals surface area contributed by atoms with Crippen LogP contribution in [0.4, 0.5) is 5.82 Å². The highest BCUT2D eigenvalue weighted by atomic mass is 32.1. The van der Waals surface area contributed by atoms with Crippen LogP contribution in [0.5, 0.6) is 0 Å². The molecule has 6 nitrogen and oxygen atoms in total. The van der Waals surface area contributed by atoms with Crippen molar-refractivity contribution in [1.29, 1.82) is 0 Å². The Morgan fingerprint density at radius 3 is 2.85 bits per heavy atom. The molecule has 3 aromatic heterocycles. The molecule has 7 heteroatoms. The van der Waals surface area contributed by atoms with Crippen LogP contribution >= 0.6 is 11.3 Å². The minimum absolute atomic E-state index is 0.572. The fourth-order valence-corrected chi connectivity index (χ4v) is 3.89. The van der Waals surface area contributed by atoms with Crippen LogP contribution in [0.3, 0.4) is 0 Å². The maximum absolute atomic E-state index is 4.49. The van der Waals surface area contributed by atoms with E-state index in [1.807, 2.05) is 4.57 Å². The van der Waals surface area contributed by atoms with E-state index < -0.39 is 0 Å². The number of aromatic nitrogens is 5. The van der Waals surface area contributed by atoms with Gasteiger partial charge in [-0.3, -0.25) is 0 Å². The van der Waals surface area contributed by atoms with Gasteiger partial charge in [-0.05, 0) is 37.5 Å². The Morgan fingerprint density at radius 1 is 1.15 bits per heavy atom. The van der Waals surface area contributed by atoms with Crippen LogP contribution in [0.1, 0.15) is 23.9 Å². The van der Waals surface area contributed by atoms with Crippen molar-refractivity contribution < 1.29 is 0 Å². The van der Waals surface area contributed by atoms with E-state index in [0.717, 1.165) is 34.0 Å². The highest BCUT2D eigenvalue weighted by Crippen LogP contribution is 2.37. The van der Waals surface area contributed by atoms with Crippen molar-refractivity contribution in [3.05, 3.63) is 53.2 Å². The Hall–Kier alpha value is -2.80. The summed E-state index contributed by atoms with van der Waals surface area (Å²) in [4.78, 5) is 9.91. The first kappa shape index (κ1) is 16.7. The first-order chi connectivity index (χ1) is 12.7. The highest BCUT2D eigenvalue weighted by molar-refractivity contribution is 7.17. The summed E-state index contributed by atoms with van der Waals surface area (Å²) >= 11 is 1.64. The zero-order valence-electron chi connectivity index (χ0n) is 15.0. The Bertz CT molecular complexity index is 1070. The Labute approximate surface area is 156 Å². The molecule has 0 fully saturated rings. The summed E-state index contributed by atoms with van der Waals surface area (Å²) in [6.07, 6.45) is 3.35. The molecular formula is C19H20N6S. The minimum Gasteiger partial charge on any atom is -0.362 e. The molecule has 0 aliphatic heterocycles. The van der Waals surface area contributed by atoms with E-state index >= 15 is 0 Å². The van der Waals surface area contributed by atoms with E-state index in [1.54, 1.807) is 24.0 Å². The van der Waals surface area contributed by atoms with Gasteiger partial charge in [-0.1, -0.05) is 18.2 Å². The molecule has 4 aromatic rings. The predicted molar refractivity (Wildman–Crippen MR) is 105 cm³/mol. The molecule has 0 amide bonds. The molecule has 1 N–H and O–H groups in total. The van der Waals surface area contributed by atoms with Crippen LogP contribution < -0.4 is 5.32 Å². The molecule has 0 atom stereocenters. The van der Waals surface area contributed by atoms with Crippen LogP contribution in [-0.4, -0.2) is 24.7 Å². The van der Waals surface area contributed by atoms with E-state index in [2.05, 4.69) is 69.8 Å². The maximum atomic E-state index is 4.49. The molecular weight excluding hydrogens is 344 g/mol. The first-order valence-electron chi connectivity index (χ1n) is 8.57. The topological polar surface area (TPSA) is 68.5 Å². The number of rotatable bonds is 5. The van der Waals surface area contributed by atoms with Crippen molar-refractivity contribution in [2.24, 2.45) is 0 Å². The van der Waals surface area contributed by atoms with Gasteiger partial charge in [0.2, 0.25) is 0 Å². The van der Waals surface area contributed by atoms with Gasteiger partial charge in [-0.25, -0.2) is 9.97 Å². The zero-order valence-corrected chi connectivity index (χ0v) is 15.8. The number of nitrogens with zero attached hydrogens (tertiary/aromatic N) is 5. The lowest BCUT2D eigenvalue weighted by Gasteiger charge is -2.09. The van der Waals surface area contributed by atoms with Gasteiger partial charge in [-0.15, -0.1) is 21.5 Å². The molecule has 26 heavy (non-hydrogen) atoms. The molecule has 132 valence electrons. The average Bonchev–Trinajstić information content (AvgIpc) is 3.29. The summed E-state index contributed by atoms with van der Waals surface area (Å²) in [7, 11) is 0. The largest absolute Gasteiger partial charge is 0.362 e. The average molecular weight is 364 g/mol. The zero-order chi connectivity index (χ0) is 18.1. The second kappa shape index (κ2) is 6.84. The molecule has 4 rings (SSSR count). The summed E-state index contributed by atoms with van der Waals surface area (Å²) in [5.41, 5.74) is 4.92. The van der Waals surface area contributed by atoms with E-state index in [1.165, 1.54) is 16.7 Å². The van der Waals surface area contributed by atoms with Crippen LogP contribution in [0, 0.1) is 13.8 Å². The Morgan fingerprint density at radius 2 is 2.04 bits per heavy atom. The third-order valence-corrected chi connectivity index (χ3v) is 5.52. The van der Waals surface area contributed by atoms with E-state index in [9.17, 15) is 0 Å². The number of benzene rings is 1. The van der Waals surface area contributed by atoms with E-state index in [0.29, 0.717) is 6.54 Å². The molecule has 0 unspecified atom stereocenters. The van der Waals surface area contributed by atoms with Gasteiger partial charge in [0, 0.05) is 17.5 Å². The van der Waals surface area contributed by atoms with Crippen LogP contribution in [-0.2, 0) is 13.1 Å². The van der Waals surface area contributed by atoms with Crippen LogP contribution in [0.25, 0.3) is 21.3 Å². The van der Waals surface area contributed by atoms with Crippen molar-refractivity contribution in [1.82, 2.24) is 24.7 Å². The quantitative estimate of drug-likeness (QED) is 0.575. The highest BCUT2D eigenvalue weighted by Gasteiger charge is 2.14. The number of anilines is 1. The second-order valence-corrected chi connectivity index (χ2v) is 7.10. The number of thiophene rings is 1. The van der Waals surface area contributed by atoms with Crippen molar-refractivity contribution >= 4 is 27.4 Å². The molecule has 0 spiro atoms. The number of hydrogen-bond donors (Lipinski definition) is 1. The van der Waals surface area contributed by atoms with Crippen molar-refractivity contribution in [3.8, 4) is 11.1 Å². The number of hydrogen-bond acceptors (Lipinski definition) is 6. The number of aryl methyl sites for hydroxylation is 3. The normalized spacial score (nSPS) is 11.2. The van der Waals surface area contributed by atoms with Crippen molar-refractivity contribution in [2.75, 3.05) is 5.32 Å². The Balaban J connectivity index is 1.73. The molecule has 3 heterocycles. The Kier molecular flexibility index (Phi) is 4.38. The second-order valence-electron chi connectivity index (χ2n) is 6.24. The number of nitrogens with one attached hydrogen (secondary N) is 1. The summed E-state index contributed by atoms with van der Waals surface area (Å²) in [5.74, 6) is 1.72. The minimum atomic E-state index is 0.572. The lowest BCUT2D eigenvalue weighted by atomic mass is 10.0.